The lowest BCUT2D eigenvalue weighted by molar-refractivity contribution is 0.101. The van der Waals surface area contributed by atoms with Gasteiger partial charge in [-0.1, -0.05) is 46.3 Å². The quantitative estimate of drug-likeness (QED) is 0.742. The lowest BCUT2D eigenvalue weighted by Gasteiger charge is -2.00. The van der Waals surface area contributed by atoms with E-state index >= 15 is 0 Å². The molecule has 0 N–H and O–H groups in total. The fourth-order valence-electron chi connectivity index (χ4n) is 1.87. The Bertz CT molecular complexity index is 659. The van der Waals surface area contributed by atoms with Gasteiger partial charge in [-0.15, -0.1) is 0 Å². The monoisotopic (exact) mass is 300 g/mol. The molecule has 2 nitrogen and oxygen atoms in total. The molecule has 0 aliphatic carbocycles. The van der Waals surface area contributed by atoms with Crippen molar-refractivity contribution in [1.29, 1.82) is 0 Å². The smallest absolute Gasteiger partial charge is 0.231 e. The average molecular weight is 301 g/mol. The van der Waals surface area contributed by atoms with E-state index < -0.39 is 0 Å². The zero-order valence-electron chi connectivity index (χ0n) is 9.39. The maximum Gasteiger partial charge on any atom is 0.231 e. The van der Waals surface area contributed by atoms with Crippen LogP contribution in [0.25, 0.3) is 6.08 Å². The molecule has 1 aliphatic rings. The second-order valence-corrected chi connectivity index (χ2v) is 4.81. The fraction of sp³-hybridized carbons (Fsp3) is 0. The highest BCUT2D eigenvalue weighted by Gasteiger charge is 2.26. The first-order valence-corrected chi connectivity index (χ1v) is 6.33. The van der Waals surface area contributed by atoms with E-state index in [4.69, 9.17) is 4.74 Å². The van der Waals surface area contributed by atoms with Gasteiger partial charge in [-0.3, -0.25) is 4.79 Å². The molecule has 2 aromatic carbocycles. The van der Waals surface area contributed by atoms with Crippen molar-refractivity contribution in [3.05, 3.63) is 69.9 Å². The number of halogens is 1. The number of benzene rings is 2. The van der Waals surface area contributed by atoms with Crippen LogP contribution in [0.3, 0.4) is 0 Å². The minimum Gasteiger partial charge on any atom is -0.452 e. The second kappa shape index (κ2) is 4.42. The largest absolute Gasteiger partial charge is 0.452 e. The van der Waals surface area contributed by atoms with Crippen LogP contribution in [-0.4, -0.2) is 5.78 Å². The van der Waals surface area contributed by atoms with Crippen LogP contribution in [0.4, 0.5) is 0 Å². The molecule has 0 unspecified atom stereocenters. The highest BCUT2D eigenvalue weighted by molar-refractivity contribution is 9.10. The van der Waals surface area contributed by atoms with Crippen LogP contribution in [-0.2, 0) is 0 Å². The highest BCUT2D eigenvalue weighted by Crippen LogP contribution is 2.32. The van der Waals surface area contributed by atoms with Crippen molar-refractivity contribution in [3.8, 4) is 5.75 Å². The Labute approximate surface area is 113 Å². The third-order valence-corrected chi connectivity index (χ3v) is 3.49. The van der Waals surface area contributed by atoms with Crippen LogP contribution in [0, 0.1) is 0 Å². The van der Waals surface area contributed by atoms with Crippen LogP contribution in [0.15, 0.2) is 58.8 Å². The van der Waals surface area contributed by atoms with Gasteiger partial charge < -0.3 is 4.74 Å². The molecular formula is C15H9BrO2. The van der Waals surface area contributed by atoms with Crippen molar-refractivity contribution < 1.29 is 9.53 Å². The van der Waals surface area contributed by atoms with Crippen molar-refractivity contribution in [1.82, 2.24) is 0 Å². The topological polar surface area (TPSA) is 26.3 Å². The van der Waals surface area contributed by atoms with Crippen LogP contribution >= 0.6 is 15.9 Å². The number of allylic oxidation sites excluding steroid dienone is 1. The van der Waals surface area contributed by atoms with Gasteiger partial charge in [0.15, 0.2) is 5.76 Å². The number of carbonyl (C=O) groups excluding carboxylic acids is 1. The summed E-state index contributed by atoms with van der Waals surface area (Å²) in [6.45, 7) is 0. The van der Waals surface area contributed by atoms with Crippen molar-refractivity contribution >= 4 is 27.8 Å². The second-order valence-electron chi connectivity index (χ2n) is 3.96. The molecule has 1 heterocycles. The van der Waals surface area contributed by atoms with Gasteiger partial charge in [0, 0.05) is 4.47 Å². The van der Waals surface area contributed by atoms with Crippen molar-refractivity contribution in [2.75, 3.05) is 0 Å². The van der Waals surface area contributed by atoms with E-state index in [0.29, 0.717) is 17.1 Å². The molecule has 0 aromatic heterocycles. The molecule has 0 saturated carbocycles. The molecule has 0 amide bonds. The number of fused-ring (bicyclic) bond motifs is 1. The normalized spacial score (nSPS) is 15.6. The van der Waals surface area contributed by atoms with Crippen molar-refractivity contribution in [2.45, 2.75) is 0 Å². The van der Waals surface area contributed by atoms with Crippen LogP contribution in [0.1, 0.15) is 15.9 Å². The predicted octanol–water partition coefficient (Wildman–Crippen LogP) is 4.07. The first kappa shape index (κ1) is 11.2. The highest BCUT2D eigenvalue weighted by atomic mass is 79.9. The number of hydrogen-bond acceptors (Lipinski definition) is 2. The van der Waals surface area contributed by atoms with E-state index in [1.165, 1.54) is 0 Å². The third-order valence-electron chi connectivity index (χ3n) is 2.77. The van der Waals surface area contributed by atoms with E-state index in [1.54, 1.807) is 18.2 Å². The van der Waals surface area contributed by atoms with Gasteiger partial charge in [0.25, 0.3) is 0 Å². The summed E-state index contributed by atoms with van der Waals surface area (Å²) in [4.78, 5) is 12.1. The van der Waals surface area contributed by atoms with Crippen molar-refractivity contribution in [2.24, 2.45) is 0 Å². The maximum absolute atomic E-state index is 12.1. The van der Waals surface area contributed by atoms with Gasteiger partial charge >= 0.3 is 0 Å². The lowest BCUT2D eigenvalue weighted by atomic mass is 10.1. The van der Waals surface area contributed by atoms with Gasteiger partial charge in [-0.2, -0.15) is 0 Å². The summed E-state index contributed by atoms with van der Waals surface area (Å²) in [5, 5.41) is 0. The zero-order valence-corrected chi connectivity index (χ0v) is 11.0. The molecule has 2 aromatic rings. The summed E-state index contributed by atoms with van der Waals surface area (Å²) in [6.07, 6.45) is 1.76. The van der Waals surface area contributed by atoms with Crippen LogP contribution in [0.2, 0.25) is 0 Å². The summed E-state index contributed by atoms with van der Waals surface area (Å²) in [5.74, 6) is 0.922. The van der Waals surface area contributed by atoms with Gasteiger partial charge in [-0.05, 0) is 29.8 Å². The summed E-state index contributed by atoms with van der Waals surface area (Å²) in [6, 6.07) is 15.0. The molecule has 1 aliphatic heterocycles. The molecule has 3 rings (SSSR count). The Morgan fingerprint density at radius 2 is 1.72 bits per heavy atom. The molecule has 18 heavy (non-hydrogen) atoms. The Balaban J connectivity index is 2.02. The number of ether oxygens (including phenoxy) is 1. The Morgan fingerprint density at radius 1 is 1.00 bits per heavy atom. The number of Topliss-reactive ketones (excluding diaryl/α,β-unsaturated/α-hetero) is 1. The number of rotatable bonds is 1. The van der Waals surface area contributed by atoms with E-state index in [0.717, 1.165) is 10.0 Å². The first-order valence-electron chi connectivity index (χ1n) is 5.53. The summed E-state index contributed by atoms with van der Waals surface area (Å²) in [7, 11) is 0. The molecule has 0 fully saturated rings. The molecule has 3 heteroatoms. The maximum atomic E-state index is 12.1. The number of hydrogen-bond donors (Lipinski definition) is 0. The molecular weight excluding hydrogens is 292 g/mol. The molecule has 88 valence electrons. The van der Waals surface area contributed by atoms with Gasteiger partial charge in [-0.25, -0.2) is 0 Å². The fourth-order valence-corrected chi connectivity index (χ4v) is 2.27. The molecule has 0 saturated heterocycles. The SMILES string of the molecule is O=C1/C(=C/c2ccccc2Br)Oc2ccccc21. The molecule has 0 atom stereocenters. The predicted molar refractivity (Wildman–Crippen MR) is 73.5 cm³/mol. The summed E-state index contributed by atoms with van der Waals surface area (Å²) >= 11 is 3.45. The van der Waals surface area contributed by atoms with Crippen LogP contribution < -0.4 is 4.74 Å². The van der Waals surface area contributed by atoms with E-state index in [1.807, 2.05) is 36.4 Å². The molecule has 0 spiro atoms. The average Bonchev–Trinajstić information content (AvgIpc) is 2.70. The number of carbonyl (C=O) groups is 1. The van der Waals surface area contributed by atoms with Gasteiger partial charge in [0.05, 0.1) is 5.56 Å². The van der Waals surface area contributed by atoms with Gasteiger partial charge in [0.2, 0.25) is 5.78 Å². The van der Waals surface area contributed by atoms with E-state index in [9.17, 15) is 4.79 Å². The zero-order chi connectivity index (χ0) is 12.5. The summed E-state index contributed by atoms with van der Waals surface area (Å²) in [5.41, 5.74) is 1.55. The molecule has 0 radical (unpaired) electrons. The Hall–Kier alpha value is -1.87. The van der Waals surface area contributed by atoms with E-state index in [-0.39, 0.29) is 5.78 Å². The number of para-hydroxylation sites is 1. The standard InChI is InChI=1S/C15H9BrO2/c16-12-7-3-1-5-10(12)9-14-15(17)11-6-2-4-8-13(11)18-14/h1-9H/b14-9-. The Morgan fingerprint density at radius 3 is 2.50 bits per heavy atom. The summed E-state index contributed by atoms with van der Waals surface area (Å²) < 4.78 is 6.50. The lowest BCUT2D eigenvalue weighted by Crippen LogP contribution is -1.98. The van der Waals surface area contributed by atoms with Crippen LogP contribution in [0.5, 0.6) is 5.75 Å². The third kappa shape index (κ3) is 1.87. The minimum atomic E-state index is -0.0682. The van der Waals surface area contributed by atoms with Crippen molar-refractivity contribution in [3.63, 3.8) is 0 Å². The van der Waals surface area contributed by atoms with E-state index in [2.05, 4.69) is 15.9 Å². The number of ketones is 1. The minimum absolute atomic E-state index is 0.0682. The first-order chi connectivity index (χ1) is 8.75. The van der Waals surface area contributed by atoms with Gasteiger partial charge in [0.1, 0.15) is 5.75 Å². The Kier molecular flexibility index (Phi) is 2.76. The molecule has 0 bridgehead atoms.